The standard InChI is InChI=1S/C9H16N2O4S/c1-15-7-8(12)2-5-11-16(13,14)9-3-4-10-6-9/h3-4,6,8,10-12H,2,5,7H2,1H3. The first-order valence-electron chi connectivity index (χ1n) is 4.85. The third kappa shape index (κ3) is 3.93. The monoisotopic (exact) mass is 248 g/mol. The highest BCUT2D eigenvalue weighted by atomic mass is 32.2. The summed E-state index contributed by atoms with van der Waals surface area (Å²) in [6.07, 6.45) is 2.60. The minimum Gasteiger partial charge on any atom is -0.391 e. The Labute approximate surface area is 94.7 Å². The van der Waals surface area contributed by atoms with Crippen LogP contribution in [0.25, 0.3) is 0 Å². The van der Waals surface area contributed by atoms with E-state index in [0.717, 1.165) is 0 Å². The molecule has 0 saturated heterocycles. The van der Waals surface area contributed by atoms with E-state index in [4.69, 9.17) is 4.74 Å². The number of aromatic amines is 1. The minimum atomic E-state index is -3.46. The molecule has 1 heterocycles. The number of aliphatic hydroxyl groups excluding tert-OH is 1. The van der Waals surface area contributed by atoms with Gasteiger partial charge in [0.05, 0.1) is 17.6 Å². The summed E-state index contributed by atoms with van der Waals surface area (Å²) < 4.78 is 30.3. The molecular weight excluding hydrogens is 232 g/mol. The second kappa shape index (κ2) is 6.00. The summed E-state index contributed by atoms with van der Waals surface area (Å²) in [4.78, 5) is 2.86. The van der Waals surface area contributed by atoms with Gasteiger partial charge < -0.3 is 14.8 Å². The van der Waals surface area contributed by atoms with Gasteiger partial charge in [-0.25, -0.2) is 13.1 Å². The Morgan fingerprint density at radius 3 is 2.94 bits per heavy atom. The molecule has 0 aliphatic rings. The fourth-order valence-corrected chi connectivity index (χ4v) is 2.22. The van der Waals surface area contributed by atoms with Gasteiger partial charge in [0.25, 0.3) is 0 Å². The molecule has 3 N–H and O–H groups in total. The number of aromatic nitrogens is 1. The molecule has 7 heteroatoms. The highest BCUT2D eigenvalue weighted by molar-refractivity contribution is 7.89. The van der Waals surface area contributed by atoms with Crippen LogP contribution in [-0.2, 0) is 14.8 Å². The van der Waals surface area contributed by atoms with Crippen LogP contribution in [0.5, 0.6) is 0 Å². The number of rotatable bonds is 7. The van der Waals surface area contributed by atoms with E-state index in [1.807, 2.05) is 0 Å². The molecular formula is C9H16N2O4S. The molecule has 92 valence electrons. The molecule has 6 nitrogen and oxygen atoms in total. The minimum absolute atomic E-state index is 0.179. The van der Waals surface area contributed by atoms with Gasteiger partial charge in [-0.15, -0.1) is 0 Å². The van der Waals surface area contributed by atoms with Gasteiger partial charge in [-0.1, -0.05) is 0 Å². The van der Waals surface area contributed by atoms with Crippen molar-refractivity contribution in [2.75, 3.05) is 20.3 Å². The Bertz CT molecular complexity index is 388. The quantitative estimate of drug-likeness (QED) is 0.617. The molecule has 0 radical (unpaired) electrons. The Morgan fingerprint density at radius 1 is 1.62 bits per heavy atom. The molecule has 0 aromatic carbocycles. The van der Waals surface area contributed by atoms with Gasteiger partial charge in [-0.05, 0) is 12.5 Å². The maximum absolute atomic E-state index is 11.6. The lowest BCUT2D eigenvalue weighted by Gasteiger charge is -2.09. The van der Waals surface area contributed by atoms with Crippen LogP contribution in [0.4, 0.5) is 0 Å². The zero-order valence-electron chi connectivity index (χ0n) is 9.01. The van der Waals surface area contributed by atoms with Gasteiger partial charge in [-0.2, -0.15) is 0 Å². The van der Waals surface area contributed by atoms with Gasteiger partial charge in [0.15, 0.2) is 0 Å². The molecule has 1 aromatic heterocycles. The number of hydrogen-bond acceptors (Lipinski definition) is 4. The fourth-order valence-electron chi connectivity index (χ4n) is 1.19. The van der Waals surface area contributed by atoms with Gasteiger partial charge >= 0.3 is 0 Å². The summed E-state index contributed by atoms with van der Waals surface area (Å²) in [6, 6.07) is 1.47. The molecule has 1 atom stereocenters. The molecule has 1 aromatic rings. The molecule has 0 amide bonds. The molecule has 0 bridgehead atoms. The normalized spacial score (nSPS) is 13.9. The van der Waals surface area contributed by atoms with Crippen molar-refractivity contribution in [1.29, 1.82) is 0 Å². The maximum Gasteiger partial charge on any atom is 0.242 e. The van der Waals surface area contributed by atoms with E-state index in [9.17, 15) is 13.5 Å². The Balaban J connectivity index is 2.38. The summed E-state index contributed by atoms with van der Waals surface area (Å²) in [5, 5.41) is 9.31. The van der Waals surface area contributed by atoms with E-state index in [2.05, 4.69) is 9.71 Å². The number of ether oxygens (including phenoxy) is 1. The van der Waals surface area contributed by atoms with Crippen LogP contribution in [-0.4, -0.2) is 44.9 Å². The van der Waals surface area contributed by atoms with Crippen LogP contribution in [0, 0.1) is 0 Å². The number of H-pyrrole nitrogens is 1. The number of nitrogens with one attached hydrogen (secondary N) is 2. The first kappa shape index (κ1) is 13.2. The third-order valence-corrected chi connectivity index (χ3v) is 3.47. The second-order valence-electron chi connectivity index (χ2n) is 3.34. The number of sulfonamides is 1. The fraction of sp³-hybridized carbons (Fsp3) is 0.556. The smallest absolute Gasteiger partial charge is 0.242 e. The van der Waals surface area contributed by atoms with Gasteiger partial charge in [0.2, 0.25) is 10.0 Å². The van der Waals surface area contributed by atoms with E-state index < -0.39 is 16.1 Å². The second-order valence-corrected chi connectivity index (χ2v) is 5.11. The molecule has 16 heavy (non-hydrogen) atoms. The number of methoxy groups -OCH3 is 1. The van der Waals surface area contributed by atoms with Crippen LogP contribution in [0.3, 0.4) is 0 Å². The molecule has 0 fully saturated rings. The zero-order chi connectivity index (χ0) is 12.0. The number of aliphatic hydroxyl groups is 1. The topological polar surface area (TPSA) is 91.4 Å². The van der Waals surface area contributed by atoms with Crippen LogP contribution >= 0.6 is 0 Å². The maximum atomic E-state index is 11.6. The Hall–Kier alpha value is -0.890. The van der Waals surface area contributed by atoms with Crippen LogP contribution in [0.2, 0.25) is 0 Å². The summed E-state index contributed by atoms with van der Waals surface area (Å²) in [6.45, 7) is 0.379. The van der Waals surface area contributed by atoms with Crippen molar-refractivity contribution in [3.63, 3.8) is 0 Å². The molecule has 0 saturated carbocycles. The van der Waals surface area contributed by atoms with E-state index in [-0.39, 0.29) is 18.0 Å². The lowest BCUT2D eigenvalue weighted by molar-refractivity contribution is 0.0603. The van der Waals surface area contributed by atoms with Crippen LogP contribution in [0.1, 0.15) is 6.42 Å². The zero-order valence-corrected chi connectivity index (χ0v) is 9.83. The highest BCUT2D eigenvalue weighted by Crippen LogP contribution is 2.05. The van der Waals surface area contributed by atoms with Crippen molar-refractivity contribution in [3.05, 3.63) is 18.5 Å². The van der Waals surface area contributed by atoms with Crippen molar-refractivity contribution < 1.29 is 18.3 Å². The summed E-state index contributed by atoms with van der Waals surface area (Å²) in [7, 11) is -1.98. The predicted molar refractivity (Wildman–Crippen MR) is 58.5 cm³/mol. The molecule has 1 rings (SSSR count). The van der Waals surface area contributed by atoms with Gasteiger partial charge in [-0.3, -0.25) is 0 Å². The summed E-state index contributed by atoms with van der Waals surface area (Å²) in [5.41, 5.74) is 0. The van der Waals surface area contributed by atoms with E-state index in [0.29, 0.717) is 6.42 Å². The first-order chi connectivity index (χ1) is 7.56. The number of hydrogen-bond donors (Lipinski definition) is 3. The van der Waals surface area contributed by atoms with E-state index in [1.165, 1.54) is 25.6 Å². The average Bonchev–Trinajstić information content (AvgIpc) is 2.71. The van der Waals surface area contributed by atoms with E-state index >= 15 is 0 Å². The lowest BCUT2D eigenvalue weighted by atomic mass is 10.3. The van der Waals surface area contributed by atoms with Crippen molar-refractivity contribution in [1.82, 2.24) is 9.71 Å². The summed E-state index contributed by atoms with van der Waals surface area (Å²) >= 11 is 0. The molecule has 0 aliphatic heterocycles. The summed E-state index contributed by atoms with van der Waals surface area (Å²) in [5.74, 6) is 0. The van der Waals surface area contributed by atoms with Gasteiger partial charge in [0, 0.05) is 26.0 Å². The predicted octanol–water partition coefficient (Wildman–Crippen LogP) is -0.310. The lowest BCUT2D eigenvalue weighted by Crippen LogP contribution is -2.28. The Morgan fingerprint density at radius 2 is 2.38 bits per heavy atom. The third-order valence-electron chi connectivity index (χ3n) is 2.01. The molecule has 1 unspecified atom stereocenters. The van der Waals surface area contributed by atoms with Crippen molar-refractivity contribution in [3.8, 4) is 0 Å². The van der Waals surface area contributed by atoms with Crippen molar-refractivity contribution in [2.24, 2.45) is 0 Å². The van der Waals surface area contributed by atoms with Crippen molar-refractivity contribution >= 4 is 10.0 Å². The van der Waals surface area contributed by atoms with Crippen LogP contribution < -0.4 is 4.72 Å². The highest BCUT2D eigenvalue weighted by Gasteiger charge is 2.14. The molecule has 0 spiro atoms. The van der Waals surface area contributed by atoms with Crippen LogP contribution in [0.15, 0.2) is 23.4 Å². The van der Waals surface area contributed by atoms with Gasteiger partial charge in [0.1, 0.15) is 0 Å². The Kier molecular flexibility index (Phi) is 4.94. The SMILES string of the molecule is COCC(O)CCNS(=O)(=O)c1cc[nH]c1. The van der Waals surface area contributed by atoms with E-state index in [1.54, 1.807) is 0 Å². The molecule has 0 aliphatic carbocycles. The first-order valence-corrected chi connectivity index (χ1v) is 6.34. The van der Waals surface area contributed by atoms with Crippen molar-refractivity contribution in [2.45, 2.75) is 17.4 Å². The average molecular weight is 248 g/mol. The largest absolute Gasteiger partial charge is 0.391 e.